The summed E-state index contributed by atoms with van der Waals surface area (Å²) in [4.78, 5) is 0. The molecule has 0 aliphatic heterocycles. The maximum atomic E-state index is 5.61. The summed E-state index contributed by atoms with van der Waals surface area (Å²) in [5, 5.41) is 3.80. The van der Waals surface area contributed by atoms with E-state index >= 15 is 0 Å². The number of nitrogen functional groups attached to an aromatic ring is 1. The van der Waals surface area contributed by atoms with Crippen LogP contribution in [0.25, 0.3) is 11.3 Å². The standard InChI is InChI=1S/C9H8N2O.ClH/c10-8-3-1-2-7(6-8)9-4-5-12-11-9;/h1-6H,10H2;1H. The van der Waals surface area contributed by atoms with Gasteiger partial charge in [0.1, 0.15) is 12.0 Å². The highest BCUT2D eigenvalue weighted by Gasteiger charge is 1.99. The highest BCUT2D eigenvalue weighted by atomic mass is 35.5. The molecule has 0 bridgehead atoms. The second-order valence-corrected chi connectivity index (χ2v) is 2.51. The van der Waals surface area contributed by atoms with E-state index in [-0.39, 0.29) is 12.4 Å². The number of anilines is 1. The Bertz CT molecular complexity index is 373. The molecule has 0 unspecified atom stereocenters. The molecule has 0 spiro atoms. The molecular formula is C9H9ClN2O. The number of benzene rings is 1. The lowest BCUT2D eigenvalue weighted by atomic mass is 10.1. The zero-order valence-corrected chi connectivity index (χ0v) is 7.62. The van der Waals surface area contributed by atoms with Gasteiger partial charge in [0.15, 0.2) is 0 Å². The van der Waals surface area contributed by atoms with E-state index < -0.39 is 0 Å². The van der Waals surface area contributed by atoms with Gasteiger partial charge in [-0.2, -0.15) is 0 Å². The molecule has 1 heterocycles. The first-order chi connectivity index (χ1) is 5.86. The van der Waals surface area contributed by atoms with E-state index in [1.807, 2.05) is 24.3 Å². The fourth-order valence-electron chi connectivity index (χ4n) is 1.06. The first-order valence-electron chi connectivity index (χ1n) is 3.62. The largest absolute Gasteiger partial charge is 0.399 e. The van der Waals surface area contributed by atoms with Crippen LogP contribution in [0.5, 0.6) is 0 Å². The van der Waals surface area contributed by atoms with Crippen molar-refractivity contribution >= 4 is 18.1 Å². The number of nitrogens with two attached hydrogens (primary N) is 1. The number of hydrogen-bond donors (Lipinski definition) is 1. The first-order valence-corrected chi connectivity index (χ1v) is 3.62. The van der Waals surface area contributed by atoms with E-state index in [0.29, 0.717) is 0 Å². The molecule has 0 atom stereocenters. The van der Waals surface area contributed by atoms with Crippen LogP contribution in [0.1, 0.15) is 0 Å². The van der Waals surface area contributed by atoms with Crippen LogP contribution in [0.4, 0.5) is 5.69 Å². The van der Waals surface area contributed by atoms with E-state index in [1.165, 1.54) is 0 Å². The predicted octanol–water partition coefficient (Wildman–Crippen LogP) is 2.35. The molecule has 0 saturated carbocycles. The van der Waals surface area contributed by atoms with Crippen LogP contribution in [-0.4, -0.2) is 5.16 Å². The Kier molecular flexibility index (Phi) is 2.93. The minimum Gasteiger partial charge on any atom is -0.399 e. The van der Waals surface area contributed by atoms with Crippen molar-refractivity contribution in [3.8, 4) is 11.3 Å². The van der Waals surface area contributed by atoms with Gasteiger partial charge >= 0.3 is 0 Å². The molecule has 3 nitrogen and oxygen atoms in total. The quantitative estimate of drug-likeness (QED) is 0.713. The van der Waals surface area contributed by atoms with Gasteiger partial charge in [0.2, 0.25) is 0 Å². The Morgan fingerprint density at radius 2 is 2.08 bits per heavy atom. The molecule has 0 fully saturated rings. The average molecular weight is 197 g/mol. The maximum Gasteiger partial charge on any atom is 0.124 e. The third kappa shape index (κ3) is 2.00. The van der Waals surface area contributed by atoms with E-state index in [4.69, 9.17) is 10.3 Å². The number of hydrogen-bond acceptors (Lipinski definition) is 3. The van der Waals surface area contributed by atoms with Gasteiger partial charge in [0, 0.05) is 17.3 Å². The minimum absolute atomic E-state index is 0. The Morgan fingerprint density at radius 3 is 2.69 bits per heavy atom. The van der Waals surface area contributed by atoms with Crippen molar-refractivity contribution in [2.24, 2.45) is 0 Å². The molecule has 1 aromatic carbocycles. The molecule has 0 radical (unpaired) electrons. The second-order valence-electron chi connectivity index (χ2n) is 2.51. The van der Waals surface area contributed by atoms with Crippen LogP contribution in [0, 0.1) is 0 Å². The smallest absolute Gasteiger partial charge is 0.124 e. The Morgan fingerprint density at radius 1 is 1.23 bits per heavy atom. The normalized spacial score (nSPS) is 9.23. The summed E-state index contributed by atoms with van der Waals surface area (Å²) in [5.41, 5.74) is 8.12. The van der Waals surface area contributed by atoms with Gasteiger partial charge in [0.25, 0.3) is 0 Å². The lowest BCUT2D eigenvalue weighted by Crippen LogP contribution is -1.84. The van der Waals surface area contributed by atoms with Crippen molar-refractivity contribution in [1.82, 2.24) is 5.16 Å². The van der Waals surface area contributed by atoms with Crippen LogP contribution in [-0.2, 0) is 0 Å². The molecule has 2 rings (SSSR count). The molecule has 2 aromatic rings. The zero-order chi connectivity index (χ0) is 8.39. The molecule has 13 heavy (non-hydrogen) atoms. The van der Waals surface area contributed by atoms with Crippen molar-refractivity contribution in [2.75, 3.05) is 5.73 Å². The van der Waals surface area contributed by atoms with Crippen molar-refractivity contribution in [3.63, 3.8) is 0 Å². The van der Waals surface area contributed by atoms with Gasteiger partial charge in [-0.25, -0.2) is 0 Å². The van der Waals surface area contributed by atoms with Crippen molar-refractivity contribution < 1.29 is 4.52 Å². The van der Waals surface area contributed by atoms with Gasteiger partial charge in [-0.1, -0.05) is 17.3 Å². The summed E-state index contributed by atoms with van der Waals surface area (Å²) in [6.07, 6.45) is 1.54. The zero-order valence-electron chi connectivity index (χ0n) is 6.81. The molecule has 2 N–H and O–H groups in total. The Labute approximate surface area is 81.9 Å². The van der Waals surface area contributed by atoms with Crippen LogP contribution in [0.15, 0.2) is 41.1 Å². The van der Waals surface area contributed by atoms with Crippen LogP contribution in [0.3, 0.4) is 0 Å². The summed E-state index contributed by atoms with van der Waals surface area (Å²) >= 11 is 0. The Balaban J connectivity index is 0.000000845. The van der Waals surface area contributed by atoms with Crippen molar-refractivity contribution in [2.45, 2.75) is 0 Å². The molecule has 0 amide bonds. The third-order valence-corrected chi connectivity index (χ3v) is 1.62. The van der Waals surface area contributed by atoms with E-state index in [2.05, 4.69) is 5.16 Å². The van der Waals surface area contributed by atoms with Gasteiger partial charge in [-0.3, -0.25) is 0 Å². The summed E-state index contributed by atoms with van der Waals surface area (Å²) in [6.45, 7) is 0. The van der Waals surface area contributed by atoms with Gasteiger partial charge in [0.05, 0.1) is 0 Å². The van der Waals surface area contributed by atoms with E-state index in [9.17, 15) is 0 Å². The molecule has 0 saturated heterocycles. The summed E-state index contributed by atoms with van der Waals surface area (Å²) in [7, 11) is 0. The molecule has 0 aliphatic carbocycles. The predicted molar refractivity (Wildman–Crippen MR) is 53.6 cm³/mol. The van der Waals surface area contributed by atoms with Crippen molar-refractivity contribution in [1.29, 1.82) is 0 Å². The molecule has 1 aromatic heterocycles. The first kappa shape index (κ1) is 9.61. The van der Waals surface area contributed by atoms with E-state index in [1.54, 1.807) is 12.3 Å². The minimum atomic E-state index is 0. The number of aromatic nitrogens is 1. The lowest BCUT2D eigenvalue weighted by Gasteiger charge is -1.95. The average Bonchev–Trinajstić information content (AvgIpc) is 2.56. The monoisotopic (exact) mass is 196 g/mol. The topological polar surface area (TPSA) is 52.0 Å². The lowest BCUT2D eigenvalue weighted by molar-refractivity contribution is 0.422. The third-order valence-electron chi connectivity index (χ3n) is 1.62. The fourth-order valence-corrected chi connectivity index (χ4v) is 1.06. The summed E-state index contributed by atoms with van der Waals surface area (Å²) in [6, 6.07) is 9.32. The van der Waals surface area contributed by atoms with Gasteiger partial charge in [-0.05, 0) is 12.1 Å². The fraction of sp³-hybridized carbons (Fsp3) is 0. The number of halogens is 1. The second kappa shape index (κ2) is 3.96. The molecule has 68 valence electrons. The maximum absolute atomic E-state index is 5.61. The Hall–Kier alpha value is -1.48. The SMILES string of the molecule is Cl.Nc1cccc(-c2ccon2)c1. The summed E-state index contributed by atoms with van der Waals surface area (Å²) in [5.74, 6) is 0. The highest BCUT2D eigenvalue weighted by Crippen LogP contribution is 2.18. The molecular weight excluding hydrogens is 188 g/mol. The van der Waals surface area contributed by atoms with Crippen LogP contribution < -0.4 is 5.73 Å². The van der Waals surface area contributed by atoms with Crippen LogP contribution in [0.2, 0.25) is 0 Å². The molecule has 0 aliphatic rings. The molecule has 4 heteroatoms. The summed E-state index contributed by atoms with van der Waals surface area (Å²) < 4.78 is 4.72. The van der Waals surface area contributed by atoms with Crippen molar-refractivity contribution in [3.05, 3.63) is 36.6 Å². The van der Waals surface area contributed by atoms with Gasteiger partial charge in [-0.15, -0.1) is 12.4 Å². The van der Waals surface area contributed by atoms with Crippen LogP contribution >= 0.6 is 12.4 Å². The number of rotatable bonds is 1. The number of nitrogens with zero attached hydrogens (tertiary/aromatic N) is 1. The van der Waals surface area contributed by atoms with Gasteiger partial charge < -0.3 is 10.3 Å². The highest BCUT2D eigenvalue weighted by molar-refractivity contribution is 5.85. The van der Waals surface area contributed by atoms with E-state index in [0.717, 1.165) is 16.9 Å².